The fraction of sp³-hybridized carbons (Fsp3) is 0.611. The standard InChI is InChI=1S/C36H46O8S2/c1-23-11-14-30(44-46(42,43)22-35-17-15-25(20-31(35)37)33(35,2)3)28(19-23)26(24-9-7-6-8-10-24)12-13-27-29-16-18-36(32(27)38,34(29,4)5)21-45(39,40)41/h6-11,14,19,25-27,29H,12-13,15-18,20-22H2,1-5H3,(H,39,40,41). The third-order valence-electron chi connectivity index (χ3n) is 13.1. The molecule has 0 spiro atoms. The number of fused-ring (bicyclic) bond motifs is 4. The van der Waals surface area contributed by atoms with Gasteiger partial charge in [0.15, 0.2) is 0 Å². The zero-order valence-corrected chi connectivity index (χ0v) is 29.0. The fourth-order valence-electron chi connectivity index (χ4n) is 10.2. The number of hydrogen-bond donors (Lipinski definition) is 1. The maximum atomic E-state index is 14.0. The van der Waals surface area contributed by atoms with Crippen molar-refractivity contribution in [2.45, 2.75) is 85.5 Å². The highest BCUT2D eigenvalue weighted by atomic mass is 32.2. The zero-order chi connectivity index (χ0) is 33.5. The molecule has 2 aromatic carbocycles. The number of Topliss-reactive ketones (excluding diaryl/α,β-unsaturated/α-hetero) is 2. The molecule has 6 atom stereocenters. The third kappa shape index (κ3) is 5.17. The number of aryl methyl sites for hydroxylation is 1. The molecule has 6 unspecified atom stereocenters. The first-order valence-corrected chi connectivity index (χ1v) is 19.6. The molecule has 6 rings (SSSR count). The lowest BCUT2D eigenvalue weighted by atomic mass is 9.70. The van der Waals surface area contributed by atoms with Gasteiger partial charge in [-0.25, -0.2) is 0 Å². The molecule has 10 heteroatoms. The van der Waals surface area contributed by atoms with Crippen molar-refractivity contribution < 1.29 is 35.2 Å². The van der Waals surface area contributed by atoms with E-state index < -0.39 is 47.6 Å². The van der Waals surface area contributed by atoms with Crippen molar-refractivity contribution in [2.24, 2.45) is 39.4 Å². The van der Waals surface area contributed by atoms with Crippen molar-refractivity contribution in [3.05, 3.63) is 65.2 Å². The van der Waals surface area contributed by atoms with Crippen LogP contribution in [0.5, 0.6) is 5.75 Å². The van der Waals surface area contributed by atoms with Crippen LogP contribution < -0.4 is 4.18 Å². The number of rotatable bonds is 11. The van der Waals surface area contributed by atoms with Crippen molar-refractivity contribution >= 4 is 31.8 Å². The van der Waals surface area contributed by atoms with Gasteiger partial charge in [-0.05, 0) is 79.7 Å². The lowest BCUT2D eigenvalue weighted by Crippen LogP contribution is -2.43. The summed E-state index contributed by atoms with van der Waals surface area (Å²) in [7, 11) is -8.52. The Morgan fingerprint density at radius 2 is 1.57 bits per heavy atom. The normalized spacial score (nSPS) is 31.8. The second-order valence-corrected chi connectivity index (χ2v) is 18.7. The summed E-state index contributed by atoms with van der Waals surface area (Å²) < 4.78 is 67.4. The largest absolute Gasteiger partial charge is 0.382 e. The van der Waals surface area contributed by atoms with E-state index in [1.807, 2.05) is 77.1 Å². The molecule has 2 aromatic rings. The molecule has 0 saturated heterocycles. The van der Waals surface area contributed by atoms with Gasteiger partial charge < -0.3 is 4.18 Å². The number of ketones is 2. The third-order valence-corrected chi connectivity index (χ3v) is 15.2. The molecule has 4 bridgehead atoms. The summed E-state index contributed by atoms with van der Waals surface area (Å²) in [4.78, 5) is 27.1. The van der Waals surface area contributed by atoms with Crippen LogP contribution in [0.2, 0.25) is 0 Å². The van der Waals surface area contributed by atoms with Crippen LogP contribution >= 0.6 is 0 Å². The van der Waals surface area contributed by atoms with Gasteiger partial charge in [0.1, 0.15) is 17.3 Å². The second kappa shape index (κ2) is 11.0. The molecule has 0 radical (unpaired) electrons. The molecular weight excluding hydrogens is 625 g/mol. The van der Waals surface area contributed by atoms with Crippen molar-refractivity contribution in [3.63, 3.8) is 0 Å². The summed E-state index contributed by atoms with van der Waals surface area (Å²) in [5.41, 5.74) is -0.506. The molecule has 0 amide bonds. The molecule has 8 nitrogen and oxygen atoms in total. The van der Waals surface area contributed by atoms with Crippen LogP contribution in [-0.2, 0) is 29.8 Å². The van der Waals surface area contributed by atoms with E-state index in [1.54, 1.807) is 6.07 Å². The van der Waals surface area contributed by atoms with E-state index in [4.69, 9.17) is 4.18 Å². The van der Waals surface area contributed by atoms with E-state index in [0.717, 1.165) is 17.5 Å². The van der Waals surface area contributed by atoms with E-state index >= 15 is 0 Å². The smallest absolute Gasteiger partial charge is 0.310 e. The second-order valence-electron chi connectivity index (χ2n) is 15.7. The predicted molar refractivity (Wildman–Crippen MR) is 176 cm³/mol. The van der Waals surface area contributed by atoms with Crippen molar-refractivity contribution in [1.82, 2.24) is 0 Å². The molecule has 1 N–H and O–H groups in total. The lowest BCUT2D eigenvalue weighted by Gasteiger charge is -2.35. The van der Waals surface area contributed by atoms with Gasteiger partial charge in [0.25, 0.3) is 10.1 Å². The van der Waals surface area contributed by atoms with Crippen LogP contribution in [0.1, 0.15) is 95.2 Å². The molecule has 4 saturated carbocycles. The van der Waals surface area contributed by atoms with Gasteiger partial charge in [-0.2, -0.15) is 16.8 Å². The molecule has 4 fully saturated rings. The molecule has 4 aliphatic carbocycles. The summed E-state index contributed by atoms with van der Waals surface area (Å²) >= 11 is 0. The van der Waals surface area contributed by atoms with Gasteiger partial charge in [0.2, 0.25) is 0 Å². The van der Waals surface area contributed by atoms with E-state index in [2.05, 4.69) is 0 Å². The number of carbonyl (C=O) groups is 2. The molecular formula is C36H46O8S2. The first-order valence-electron chi connectivity index (χ1n) is 16.4. The van der Waals surface area contributed by atoms with E-state index in [9.17, 15) is 31.0 Å². The Kier molecular flexibility index (Phi) is 7.97. The van der Waals surface area contributed by atoms with Crippen LogP contribution in [0.3, 0.4) is 0 Å². The van der Waals surface area contributed by atoms with Crippen molar-refractivity contribution in [1.29, 1.82) is 0 Å². The minimum absolute atomic E-state index is 0.0115. The minimum Gasteiger partial charge on any atom is -0.382 e. The Labute approximate surface area is 273 Å². The lowest BCUT2D eigenvalue weighted by molar-refractivity contribution is -0.131. The Hall–Kier alpha value is -2.56. The summed E-state index contributed by atoms with van der Waals surface area (Å²) in [5.74, 6) is -1.30. The minimum atomic E-state index is -4.36. The van der Waals surface area contributed by atoms with E-state index in [1.165, 1.54) is 0 Å². The molecule has 250 valence electrons. The molecule has 46 heavy (non-hydrogen) atoms. The van der Waals surface area contributed by atoms with E-state index in [-0.39, 0.29) is 46.7 Å². The molecule has 0 aliphatic heterocycles. The van der Waals surface area contributed by atoms with Gasteiger partial charge in [0, 0.05) is 23.8 Å². The fourth-order valence-corrected chi connectivity index (χ4v) is 13.3. The highest BCUT2D eigenvalue weighted by Gasteiger charge is 2.69. The van der Waals surface area contributed by atoms with Crippen LogP contribution in [0, 0.1) is 46.3 Å². The van der Waals surface area contributed by atoms with Gasteiger partial charge in [-0.3, -0.25) is 14.1 Å². The predicted octanol–water partition coefficient (Wildman–Crippen LogP) is 6.52. The van der Waals surface area contributed by atoms with Crippen LogP contribution in [-0.4, -0.2) is 44.5 Å². The highest BCUT2D eigenvalue weighted by molar-refractivity contribution is 7.87. The number of carbonyl (C=O) groups excluding carboxylic acids is 2. The first kappa shape index (κ1) is 33.3. The van der Waals surface area contributed by atoms with Crippen LogP contribution in [0.4, 0.5) is 0 Å². The topological polar surface area (TPSA) is 132 Å². The van der Waals surface area contributed by atoms with E-state index in [0.29, 0.717) is 44.1 Å². The average Bonchev–Trinajstić information content (AvgIpc) is 3.47. The Morgan fingerprint density at radius 3 is 2.17 bits per heavy atom. The van der Waals surface area contributed by atoms with Crippen molar-refractivity contribution in [3.8, 4) is 5.75 Å². The first-order chi connectivity index (χ1) is 21.3. The monoisotopic (exact) mass is 670 g/mol. The van der Waals surface area contributed by atoms with Gasteiger partial charge in [-0.15, -0.1) is 0 Å². The Balaban J connectivity index is 1.31. The maximum absolute atomic E-state index is 14.0. The van der Waals surface area contributed by atoms with Gasteiger partial charge in [0.05, 0.1) is 22.3 Å². The number of hydrogen-bond acceptors (Lipinski definition) is 7. The van der Waals surface area contributed by atoms with Crippen molar-refractivity contribution in [2.75, 3.05) is 11.5 Å². The zero-order valence-electron chi connectivity index (χ0n) is 27.4. The van der Waals surface area contributed by atoms with Crippen LogP contribution in [0.25, 0.3) is 0 Å². The summed E-state index contributed by atoms with van der Waals surface area (Å²) in [6.07, 6.45) is 3.94. The average molecular weight is 671 g/mol. The summed E-state index contributed by atoms with van der Waals surface area (Å²) in [6.45, 7) is 9.84. The van der Waals surface area contributed by atoms with Gasteiger partial charge in [-0.1, -0.05) is 75.7 Å². The molecule has 0 aromatic heterocycles. The summed E-state index contributed by atoms with van der Waals surface area (Å²) in [6, 6.07) is 15.1. The summed E-state index contributed by atoms with van der Waals surface area (Å²) in [5, 5.41) is 0. The number of benzene rings is 2. The van der Waals surface area contributed by atoms with Gasteiger partial charge >= 0.3 is 10.1 Å². The molecule has 0 heterocycles. The Bertz CT molecular complexity index is 1780. The highest BCUT2D eigenvalue weighted by Crippen LogP contribution is 2.67. The maximum Gasteiger partial charge on any atom is 0.310 e. The quantitative estimate of drug-likeness (QED) is 0.211. The molecule has 4 aliphatic rings. The van der Waals surface area contributed by atoms with Crippen LogP contribution in [0.15, 0.2) is 48.5 Å². The Morgan fingerprint density at radius 1 is 0.891 bits per heavy atom. The SMILES string of the molecule is Cc1ccc(OS(=O)(=O)CC23CCC(CC2=O)C3(C)C)c(C(CCC2C(=O)C3(CS(=O)(=O)O)CCC2C3(C)C)c2ccccc2)c1.